The minimum absolute atomic E-state index is 0.0681. The highest BCUT2D eigenvalue weighted by Gasteiger charge is 2.40. The molecule has 0 spiro atoms. The van der Waals surface area contributed by atoms with Crippen LogP contribution in [0.1, 0.15) is 52.9 Å². The highest BCUT2D eigenvalue weighted by atomic mass is 32.1. The fourth-order valence-electron chi connectivity index (χ4n) is 5.00. The zero-order valence-corrected chi connectivity index (χ0v) is 20.9. The van der Waals surface area contributed by atoms with Gasteiger partial charge >= 0.3 is 0 Å². The predicted octanol–water partition coefficient (Wildman–Crippen LogP) is 6.22. The number of hydrogen-bond donors (Lipinski definition) is 2. The van der Waals surface area contributed by atoms with E-state index < -0.39 is 5.60 Å². The van der Waals surface area contributed by atoms with Crippen molar-refractivity contribution in [3.63, 3.8) is 0 Å². The van der Waals surface area contributed by atoms with Crippen molar-refractivity contribution in [2.24, 2.45) is 22.7 Å². The van der Waals surface area contributed by atoms with E-state index in [-0.39, 0.29) is 12.0 Å². The van der Waals surface area contributed by atoms with Crippen LogP contribution in [-0.4, -0.2) is 39.8 Å². The second-order valence-corrected chi connectivity index (χ2v) is 11.1. The third-order valence-electron chi connectivity index (χ3n) is 7.44. The molecule has 7 heteroatoms. The lowest BCUT2D eigenvalue weighted by molar-refractivity contribution is -0.0672. The van der Waals surface area contributed by atoms with Crippen LogP contribution in [-0.2, 0) is 0 Å². The van der Waals surface area contributed by atoms with Crippen LogP contribution in [0.15, 0.2) is 40.9 Å². The summed E-state index contributed by atoms with van der Waals surface area (Å²) in [7, 11) is 0. The number of allylic oxidation sites excluding steroid dienone is 1. The number of aliphatic hydroxyl groups is 1. The molecule has 5 rings (SSSR count). The van der Waals surface area contributed by atoms with Gasteiger partial charge in [-0.1, -0.05) is 13.0 Å². The first-order valence-corrected chi connectivity index (χ1v) is 13.1. The number of fused-ring (bicyclic) bond motifs is 1. The number of aliphatic imine (C=N–C) groups is 1. The van der Waals surface area contributed by atoms with Crippen molar-refractivity contribution in [1.29, 1.82) is 5.41 Å². The normalized spacial score (nSPS) is 26.4. The van der Waals surface area contributed by atoms with Gasteiger partial charge in [-0.3, -0.25) is 0 Å². The van der Waals surface area contributed by atoms with E-state index in [9.17, 15) is 5.11 Å². The standard InChI is InChI=1S/C27H33N3O3S/c1-4-16-12-17(23(16)28)6-5-7-19-15-32-25-21(26-29-10-11-34-26)8-9-22(24(25)30-19)33-20-13-18(14-20)27(2,3)31/h5,7-11,16-18,20,28,31H,4,6,12-15H2,1-3H3/b7-5+,28-23?. The minimum atomic E-state index is -0.679. The van der Waals surface area contributed by atoms with Gasteiger partial charge in [-0.2, -0.15) is 0 Å². The molecule has 2 unspecified atom stereocenters. The maximum absolute atomic E-state index is 10.3. The lowest BCUT2D eigenvalue weighted by atomic mass is 9.70. The van der Waals surface area contributed by atoms with Crippen LogP contribution in [0.2, 0.25) is 0 Å². The molecule has 0 bridgehead atoms. The van der Waals surface area contributed by atoms with Crippen molar-refractivity contribution in [1.82, 2.24) is 4.98 Å². The number of nitrogens with zero attached hydrogens (tertiary/aromatic N) is 2. The van der Waals surface area contributed by atoms with Gasteiger partial charge in [0, 0.05) is 23.2 Å². The maximum Gasteiger partial charge on any atom is 0.159 e. The SMILES string of the molecule is CCC1CC(C/C=C/C2=Nc3c(OC4CC(C(C)(C)O)C4)ccc(-c4nccs4)c3OC2)C1=N. The second-order valence-electron chi connectivity index (χ2n) is 10.2. The van der Waals surface area contributed by atoms with Crippen LogP contribution in [0.5, 0.6) is 11.5 Å². The number of aromatic nitrogens is 1. The zero-order valence-electron chi connectivity index (χ0n) is 20.1. The summed E-state index contributed by atoms with van der Waals surface area (Å²) in [6.45, 7) is 6.28. The van der Waals surface area contributed by atoms with E-state index in [0.29, 0.717) is 29.9 Å². The van der Waals surface area contributed by atoms with Crippen LogP contribution in [0, 0.1) is 23.2 Å². The second kappa shape index (κ2) is 9.27. The molecule has 180 valence electrons. The van der Waals surface area contributed by atoms with Crippen molar-refractivity contribution in [2.75, 3.05) is 6.61 Å². The first-order chi connectivity index (χ1) is 16.3. The summed E-state index contributed by atoms with van der Waals surface area (Å²) in [6, 6.07) is 3.97. The molecule has 2 aliphatic carbocycles. The average molecular weight is 480 g/mol. The summed E-state index contributed by atoms with van der Waals surface area (Å²) in [6.07, 6.45) is 10.7. The summed E-state index contributed by atoms with van der Waals surface area (Å²) >= 11 is 1.57. The molecule has 6 nitrogen and oxygen atoms in total. The van der Waals surface area contributed by atoms with E-state index in [1.165, 1.54) is 0 Å². The minimum Gasteiger partial charge on any atom is -0.488 e. The number of nitrogens with one attached hydrogen (secondary N) is 1. The number of ether oxygens (including phenoxy) is 2. The van der Waals surface area contributed by atoms with E-state index in [1.807, 2.05) is 37.4 Å². The van der Waals surface area contributed by atoms with Crippen LogP contribution < -0.4 is 9.47 Å². The third-order valence-corrected chi connectivity index (χ3v) is 8.24. The van der Waals surface area contributed by atoms with Crippen molar-refractivity contribution < 1.29 is 14.6 Å². The highest BCUT2D eigenvalue weighted by Crippen LogP contribution is 2.49. The molecule has 2 saturated carbocycles. The summed E-state index contributed by atoms with van der Waals surface area (Å²) in [5.74, 6) is 2.53. The quantitative estimate of drug-likeness (QED) is 0.471. The predicted molar refractivity (Wildman–Crippen MR) is 137 cm³/mol. The van der Waals surface area contributed by atoms with Gasteiger partial charge in [-0.05, 0) is 76.0 Å². The van der Waals surface area contributed by atoms with Crippen LogP contribution in [0.3, 0.4) is 0 Å². The van der Waals surface area contributed by atoms with Crippen LogP contribution >= 0.6 is 11.3 Å². The number of rotatable bonds is 8. The summed E-state index contributed by atoms with van der Waals surface area (Å²) in [5.41, 5.74) is 2.72. The first-order valence-electron chi connectivity index (χ1n) is 12.2. The lowest BCUT2D eigenvalue weighted by Crippen LogP contribution is -2.45. The molecule has 0 radical (unpaired) electrons. The van der Waals surface area contributed by atoms with Gasteiger partial charge in [0.1, 0.15) is 23.1 Å². The van der Waals surface area contributed by atoms with Gasteiger partial charge in [0.25, 0.3) is 0 Å². The molecule has 3 aliphatic rings. The molecule has 2 N–H and O–H groups in total. The molecular weight excluding hydrogens is 446 g/mol. The van der Waals surface area contributed by atoms with Crippen molar-refractivity contribution in [3.05, 3.63) is 35.9 Å². The molecule has 1 aromatic carbocycles. The molecular formula is C27H33N3O3S. The summed E-state index contributed by atoms with van der Waals surface area (Å²) in [5, 5.41) is 21.3. The molecule has 2 atom stereocenters. The molecule has 1 aromatic heterocycles. The Labute approximate surface area is 205 Å². The number of hydrogen-bond acceptors (Lipinski definition) is 7. The van der Waals surface area contributed by atoms with E-state index in [4.69, 9.17) is 19.9 Å². The molecule has 0 amide bonds. The van der Waals surface area contributed by atoms with E-state index >= 15 is 0 Å². The Hall–Kier alpha value is -2.51. The van der Waals surface area contributed by atoms with Crippen molar-refractivity contribution in [3.8, 4) is 22.1 Å². The third kappa shape index (κ3) is 4.56. The van der Waals surface area contributed by atoms with E-state index in [0.717, 1.165) is 59.8 Å². The lowest BCUT2D eigenvalue weighted by Gasteiger charge is -2.42. The fourth-order valence-corrected chi connectivity index (χ4v) is 5.66. The van der Waals surface area contributed by atoms with Crippen molar-refractivity contribution in [2.45, 2.75) is 64.6 Å². The smallest absolute Gasteiger partial charge is 0.159 e. The van der Waals surface area contributed by atoms with Gasteiger partial charge in [0.15, 0.2) is 5.75 Å². The number of thiazole rings is 1. The van der Waals surface area contributed by atoms with E-state index in [2.05, 4.69) is 18.0 Å². The Kier molecular flexibility index (Phi) is 6.34. The van der Waals surface area contributed by atoms with Gasteiger partial charge in [0.2, 0.25) is 0 Å². The molecule has 2 heterocycles. The van der Waals surface area contributed by atoms with Gasteiger partial charge < -0.3 is 20.0 Å². The Bertz CT molecular complexity index is 1110. The maximum atomic E-state index is 10.3. The molecule has 0 saturated heterocycles. The molecule has 2 fully saturated rings. The fraction of sp³-hybridized carbons (Fsp3) is 0.519. The topological polar surface area (TPSA) is 87.8 Å². The monoisotopic (exact) mass is 479 g/mol. The molecule has 34 heavy (non-hydrogen) atoms. The van der Waals surface area contributed by atoms with Crippen LogP contribution in [0.25, 0.3) is 10.6 Å². The summed E-state index contributed by atoms with van der Waals surface area (Å²) in [4.78, 5) is 9.40. The van der Waals surface area contributed by atoms with Gasteiger partial charge in [-0.25, -0.2) is 9.98 Å². The number of benzene rings is 1. The van der Waals surface area contributed by atoms with Crippen LogP contribution in [0.4, 0.5) is 5.69 Å². The summed E-state index contributed by atoms with van der Waals surface area (Å²) < 4.78 is 12.6. The largest absolute Gasteiger partial charge is 0.488 e. The van der Waals surface area contributed by atoms with Gasteiger partial charge in [-0.15, -0.1) is 11.3 Å². The first kappa shape index (κ1) is 23.2. The van der Waals surface area contributed by atoms with Gasteiger partial charge in [0.05, 0.1) is 23.0 Å². The Morgan fingerprint density at radius 1 is 1.26 bits per heavy atom. The van der Waals surface area contributed by atoms with Crippen molar-refractivity contribution >= 4 is 28.4 Å². The Morgan fingerprint density at radius 2 is 2.09 bits per heavy atom. The Morgan fingerprint density at radius 3 is 2.76 bits per heavy atom. The van der Waals surface area contributed by atoms with E-state index in [1.54, 1.807) is 17.5 Å². The molecule has 1 aliphatic heterocycles. The highest BCUT2D eigenvalue weighted by molar-refractivity contribution is 7.13. The Balaban J connectivity index is 1.36. The molecule has 2 aromatic rings. The average Bonchev–Trinajstić information content (AvgIpc) is 3.31. The zero-order chi connectivity index (χ0) is 23.9.